The summed E-state index contributed by atoms with van der Waals surface area (Å²) >= 11 is 0. The zero-order valence-corrected chi connectivity index (χ0v) is 15.1. The molecule has 1 fully saturated rings. The molecule has 2 amide bonds. The number of alkyl halides is 3. The third-order valence-electron chi connectivity index (χ3n) is 4.62. The number of amides is 2. The smallest absolute Gasteiger partial charge is 0.322 e. The molecule has 0 radical (unpaired) electrons. The number of halogens is 3. The quantitative estimate of drug-likeness (QED) is 0.863. The molecule has 0 unspecified atom stereocenters. The largest absolute Gasteiger partial charge is 0.418 e. The maximum absolute atomic E-state index is 13.1. The van der Waals surface area contributed by atoms with Crippen LogP contribution in [-0.4, -0.2) is 42.0 Å². The van der Waals surface area contributed by atoms with Crippen LogP contribution in [0.1, 0.15) is 16.7 Å². The maximum Gasteiger partial charge on any atom is 0.418 e. The Morgan fingerprint density at radius 2 is 1.74 bits per heavy atom. The highest BCUT2D eigenvalue weighted by molar-refractivity contribution is 5.90. The number of rotatable bonds is 3. The summed E-state index contributed by atoms with van der Waals surface area (Å²) in [4.78, 5) is 16.2. The number of hydrogen-bond acceptors (Lipinski definition) is 2. The van der Waals surface area contributed by atoms with Crippen LogP contribution in [-0.2, 0) is 12.7 Å². The van der Waals surface area contributed by atoms with Crippen molar-refractivity contribution in [3.63, 3.8) is 0 Å². The summed E-state index contributed by atoms with van der Waals surface area (Å²) in [6.45, 7) is 5.17. The van der Waals surface area contributed by atoms with Crippen LogP contribution in [0.15, 0.2) is 48.5 Å². The van der Waals surface area contributed by atoms with E-state index < -0.39 is 17.8 Å². The number of carbonyl (C=O) groups is 1. The highest BCUT2D eigenvalue weighted by Crippen LogP contribution is 2.34. The second kappa shape index (κ2) is 8.00. The van der Waals surface area contributed by atoms with E-state index in [2.05, 4.69) is 22.3 Å². The summed E-state index contributed by atoms with van der Waals surface area (Å²) in [6.07, 6.45) is -4.50. The second-order valence-corrected chi connectivity index (χ2v) is 6.73. The SMILES string of the molecule is Cc1cccc(CN2CCN(C(=O)Nc3ccccc3C(F)(F)F)CC2)c1. The number of carbonyl (C=O) groups excluding carboxylic acids is 1. The van der Waals surface area contributed by atoms with Gasteiger partial charge in [-0.05, 0) is 24.6 Å². The van der Waals surface area contributed by atoms with E-state index in [1.165, 1.54) is 29.3 Å². The Morgan fingerprint density at radius 1 is 1.04 bits per heavy atom. The summed E-state index contributed by atoms with van der Waals surface area (Å²) < 4.78 is 39.2. The van der Waals surface area contributed by atoms with Crippen molar-refractivity contribution in [2.24, 2.45) is 0 Å². The highest BCUT2D eigenvalue weighted by atomic mass is 19.4. The van der Waals surface area contributed by atoms with Gasteiger partial charge in [0.2, 0.25) is 0 Å². The van der Waals surface area contributed by atoms with Gasteiger partial charge in [0.1, 0.15) is 0 Å². The summed E-state index contributed by atoms with van der Waals surface area (Å²) in [5.41, 5.74) is 1.37. The van der Waals surface area contributed by atoms with Gasteiger partial charge >= 0.3 is 12.2 Å². The minimum absolute atomic E-state index is 0.211. The predicted octanol–water partition coefficient (Wildman–Crippen LogP) is 4.36. The van der Waals surface area contributed by atoms with Crippen molar-refractivity contribution in [2.75, 3.05) is 31.5 Å². The molecular formula is C20H22F3N3O. The van der Waals surface area contributed by atoms with Crippen LogP contribution in [0.2, 0.25) is 0 Å². The molecule has 0 bridgehead atoms. The zero-order chi connectivity index (χ0) is 19.4. The van der Waals surface area contributed by atoms with Crippen LogP contribution in [0.25, 0.3) is 0 Å². The van der Waals surface area contributed by atoms with Gasteiger partial charge in [0, 0.05) is 32.7 Å². The maximum atomic E-state index is 13.1. The number of nitrogens with zero attached hydrogens (tertiary/aromatic N) is 2. The molecule has 2 aromatic carbocycles. The number of hydrogen-bond donors (Lipinski definition) is 1. The number of piperazine rings is 1. The van der Waals surface area contributed by atoms with Gasteiger partial charge in [-0.15, -0.1) is 0 Å². The zero-order valence-electron chi connectivity index (χ0n) is 15.1. The fourth-order valence-electron chi connectivity index (χ4n) is 3.21. The topological polar surface area (TPSA) is 35.6 Å². The van der Waals surface area contributed by atoms with Crippen LogP contribution in [0, 0.1) is 6.92 Å². The highest BCUT2D eigenvalue weighted by Gasteiger charge is 2.34. The molecule has 1 aliphatic rings. The van der Waals surface area contributed by atoms with Crippen LogP contribution in [0.5, 0.6) is 0 Å². The summed E-state index contributed by atoms with van der Waals surface area (Å²) in [5, 5.41) is 2.41. The van der Waals surface area contributed by atoms with Crippen molar-refractivity contribution in [2.45, 2.75) is 19.6 Å². The molecule has 0 atom stereocenters. The van der Waals surface area contributed by atoms with E-state index in [9.17, 15) is 18.0 Å². The molecule has 1 N–H and O–H groups in total. The summed E-state index contributed by atoms with van der Waals surface area (Å²) in [6, 6.07) is 12.8. The first-order valence-electron chi connectivity index (χ1n) is 8.83. The number of para-hydroxylation sites is 1. The minimum Gasteiger partial charge on any atom is -0.322 e. The van der Waals surface area contributed by atoms with Crippen molar-refractivity contribution in [1.29, 1.82) is 0 Å². The number of benzene rings is 2. The van der Waals surface area contributed by atoms with E-state index in [1.54, 1.807) is 4.90 Å². The fraction of sp³-hybridized carbons (Fsp3) is 0.350. The van der Waals surface area contributed by atoms with Crippen molar-refractivity contribution in [3.8, 4) is 0 Å². The molecule has 1 heterocycles. The van der Waals surface area contributed by atoms with Crippen molar-refractivity contribution in [3.05, 3.63) is 65.2 Å². The Balaban J connectivity index is 1.56. The Hall–Kier alpha value is -2.54. The molecule has 1 saturated heterocycles. The lowest BCUT2D eigenvalue weighted by atomic mass is 10.1. The average molecular weight is 377 g/mol. The number of urea groups is 1. The van der Waals surface area contributed by atoms with Gasteiger partial charge in [-0.3, -0.25) is 4.90 Å². The molecule has 2 aromatic rings. The third-order valence-corrected chi connectivity index (χ3v) is 4.62. The molecule has 144 valence electrons. The molecule has 3 rings (SSSR count). The normalized spacial score (nSPS) is 15.6. The Labute approximate surface area is 156 Å². The molecule has 4 nitrogen and oxygen atoms in total. The molecule has 27 heavy (non-hydrogen) atoms. The van der Waals surface area contributed by atoms with Crippen molar-refractivity contribution >= 4 is 11.7 Å². The van der Waals surface area contributed by atoms with Crippen LogP contribution in [0.4, 0.5) is 23.7 Å². The van der Waals surface area contributed by atoms with Gasteiger partial charge in [0.05, 0.1) is 11.3 Å². The first kappa shape index (κ1) is 19.2. The summed E-state index contributed by atoms with van der Waals surface area (Å²) in [7, 11) is 0. The van der Waals surface area contributed by atoms with E-state index in [4.69, 9.17) is 0 Å². The first-order valence-corrected chi connectivity index (χ1v) is 8.83. The standard InChI is InChI=1S/C20H22F3N3O/c1-15-5-4-6-16(13-15)14-25-9-11-26(12-10-25)19(27)24-18-8-3-2-7-17(18)20(21,22)23/h2-8,13H,9-12,14H2,1H3,(H,24,27). The van der Waals surface area contributed by atoms with Crippen LogP contribution >= 0.6 is 0 Å². The fourth-order valence-corrected chi connectivity index (χ4v) is 3.21. The molecule has 0 aromatic heterocycles. The lowest BCUT2D eigenvalue weighted by Crippen LogP contribution is -2.49. The predicted molar refractivity (Wildman–Crippen MR) is 98.5 cm³/mol. The lowest BCUT2D eigenvalue weighted by molar-refractivity contribution is -0.136. The molecule has 1 aliphatic heterocycles. The van der Waals surface area contributed by atoms with Gasteiger partial charge in [-0.1, -0.05) is 42.0 Å². The lowest BCUT2D eigenvalue weighted by Gasteiger charge is -2.34. The Morgan fingerprint density at radius 3 is 2.41 bits per heavy atom. The van der Waals surface area contributed by atoms with E-state index in [0.717, 1.165) is 12.6 Å². The van der Waals surface area contributed by atoms with E-state index in [1.807, 2.05) is 19.1 Å². The Kier molecular flexibility index (Phi) is 5.70. The van der Waals surface area contributed by atoms with Gasteiger partial charge in [0.25, 0.3) is 0 Å². The molecule has 7 heteroatoms. The third kappa shape index (κ3) is 5.01. The number of anilines is 1. The minimum atomic E-state index is -4.50. The Bertz CT molecular complexity index is 799. The number of aryl methyl sites for hydroxylation is 1. The van der Waals surface area contributed by atoms with Crippen molar-refractivity contribution in [1.82, 2.24) is 9.80 Å². The van der Waals surface area contributed by atoms with Gasteiger partial charge in [0.15, 0.2) is 0 Å². The van der Waals surface area contributed by atoms with E-state index in [-0.39, 0.29) is 5.69 Å². The second-order valence-electron chi connectivity index (χ2n) is 6.73. The van der Waals surface area contributed by atoms with Gasteiger partial charge in [-0.2, -0.15) is 13.2 Å². The molecule has 0 aliphatic carbocycles. The van der Waals surface area contributed by atoms with Crippen molar-refractivity contribution < 1.29 is 18.0 Å². The summed E-state index contributed by atoms with van der Waals surface area (Å²) in [5.74, 6) is 0. The number of nitrogens with one attached hydrogen (secondary N) is 1. The average Bonchev–Trinajstić information content (AvgIpc) is 2.62. The molecular weight excluding hydrogens is 355 g/mol. The monoisotopic (exact) mass is 377 g/mol. The van der Waals surface area contributed by atoms with Gasteiger partial charge < -0.3 is 10.2 Å². The van der Waals surface area contributed by atoms with Crippen LogP contribution in [0.3, 0.4) is 0 Å². The van der Waals surface area contributed by atoms with Gasteiger partial charge in [-0.25, -0.2) is 4.79 Å². The van der Waals surface area contributed by atoms with E-state index >= 15 is 0 Å². The molecule has 0 saturated carbocycles. The van der Waals surface area contributed by atoms with E-state index in [0.29, 0.717) is 26.2 Å². The van der Waals surface area contributed by atoms with Crippen LogP contribution < -0.4 is 5.32 Å². The molecule has 0 spiro atoms. The first-order chi connectivity index (χ1) is 12.8.